The van der Waals surface area contributed by atoms with Gasteiger partial charge in [-0.25, -0.2) is 0 Å². The van der Waals surface area contributed by atoms with Gasteiger partial charge in [-0.1, -0.05) is 17.7 Å². The smallest absolute Gasteiger partial charge is 0.238 e. The number of hydrogen-bond acceptors (Lipinski definition) is 3. The van der Waals surface area contributed by atoms with Crippen LogP contribution in [0.25, 0.3) is 0 Å². The molecule has 1 amide bonds. The molecule has 1 aromatic carbocycles. The zero-order valence-electron chi connectivity index (χ0n) is 14.3. The van der Waals surface area contributed by atoms with Crippen molar-refractivity contribution in [2.75, 3.05) is 31.5 Å². The molecule has 2 aliphatic heterocycles. The maximum Gasteiger partial charge on any atom is 0.238 e. The molecule has 128 valence electrons. The minimum atomic E-state index is 0. The Morgan fingerprint density at radius 2 is 1.96 bits per heavy atom. The average molecular weight is 338 g/mol. The number of anilines is 1. The lowest BCUT2D eigenvalue weighted by molar-refractivity contribution is -0.117. The van der Waals surface area contributed by atoms with Crippen LogP contribution in [0.5, 0.6) is 0 Å². The molecule has 23 heavy (non-hydrogen) atoms. The summed E-state index contributed by atoms with van der Waals surface area (Å²) >= 11 is 0. The zero-order chi connectivity index (χ0) is 15.7. The number of benzene rings is 1. The molecule has 4 nitrogen and oxygen atoms in total. The Hall–Kier alpha value is -1.10. The summed E-state index contributed by atoms with van der Waals surface area (Å²) < 4.78 is 0. The van der Waals surface area contributed by atoms with Crippen molar-refractivity contribution in [3.05, 3.63) is 28.8 Å². The predicted octanol–water partition coefficient (Wildman–Crippen LogP) is 2.66. The van der Waals surface area contributed by atoms with Gasteiger partial charge in [0.1, 0.15) is 0 Å². The number of likely N-dealkylation sites (tertiary alicyclic amines) is 1. The Morgan fingerprint density at radius 3 is 2.65 bits per heavy atom. The fourth-order valence-electron chi connectivity index (χ4n) is 4.03. The van der Waals surface area contributed by atoms with Crippen LogP contribution < -0.4 is 10.6 Å². The summed E-state index contributed by atoms with van der Waals surface area (Å²) in [5.74, 6) is 0.837. The zero-order valence-corrected chi connectivity index (χ0v) is 15.1. The molecule has 0 spiro atoms. The maximum atomic E-state index is 12.4. The molecule has 2 atom stereocenters. The van der Waals surface area contributed by atoms with Gasteiger partial charge in [0.25, 0.3) is 0 Å². The van der Waals surface area contributed by atoms with Crippen LogP contribution in [-0.4, -0.2) is 43.0 Å². The van der Waals surface area contributed by atoms with E-state index in [1.807, 2.05) is 0 Å². The van der Waals surface area contributed by atoms with Crippen LogP contribution in [0.1, 0.15) is 29.5 Å². The first-order valence-corrected chi connectivity index (χ1v) is 8.36. The van der Waals surface area contributed by atoms with E-state index in [2.05, 4.69) is 48.4 Å². The van der Waals surface area contributed by atoms with Crippen LogP contribution in [0.3, 0.4) is 0 Å². The van der Waals surface area contributed by atoms with E-state index in [9.17, 15) is 4.79 Å². The largest absolute Gasteiger partial charge is 0.324 e. The van der Waals surface area contributed by atoms with Gasteiger partial charge in [0.05, 0.1) is 6.54 Å². The predicted molar refractivity (Wildman–Crippen MR) is 97.5 cm³/mol. The molecule has 5 heteroatoms. The molecule has 3 rings (SSSR count). The molecule has 2 heterocycles. The molecule has 2 saturated heterocycles. The third-order valence-electron chi connectivity index (χ3n) is 5.05. The highest BCUT2D eigenvalue weighted by atomic mass is 35.5. The number of piperidine rings is 1. The van der Waals surface area contributed by atoms with Gasteiger partial charge in [-0.05, 0) is 57.2 Å². The third-order valence-corrected chi connectivity index (χ3v) is 5.05. The topological polar surface area (TPSA) is 44.4 Å². The Kier molecular flexibility index (Phi) is 6.06. The first-order chi connectivity index (χ1) is 10.5. The van der Waals surface area contributed by atoms with E-state index >= 15 is 0 Å². The fourth-order valence-corrected chi connectivity index (χ4v) is 4.03. The van der Waals surface area contributed by atoms with Crippen LogP contribution in [0, 0.1) is 26.7 Å². The Balaban J connectivity index is 0.00000192. The number of halogens is 1. The van der Waals surface area contributed by atoms with Crippen molar-refractivity contribution < 1.29 is 4.79 Å². The lowest BCUT2D eigenvalue weighted by atomic mass is 9.93. The highest BCUT2D eigenvalue weighted by molar-refractivity contribution is 5.93. The van der Waals surface area contributed by atoms with Gasteiger partial charge in [-0.3, -0.25) is 9.69 Å². The van der Waals surface area contributed by atoms with Crippen LogP contribution in [0.2, 0.25) is 0 Å². The van der Waals surface area contributed by atoms with Gasteiger partial charge >= 0.3 is 0 Å². The normalized spacial score (nSPS) is 24.0. The maximum absolute atomic E-state index is 12.4. The second kappa shape index (κ2) is 7.65. The van der Waals surface area contributed by atoms with Crippen LogP contribution in [-0.2, 0) is 4.79 Å². The third kappa shape index (κ3) is 4.25. The summed E-state index contributed by atoms with van der Waals surface area (Å²) in [5, 5.41) is 6.68. The Bertz CT molecular complexity index is 552. The van der Waals surface area contributed by atoms with Crippen molar-refractivity contribution in [2.24, 2.45) is 5.92 Å². The average Bonchev–Trinajstić information content (AvgIpc) is 2.90. The molecule has 1 aromatic rings. The summed E-state index contributed by atoms with van der Waals surface area (Å²) in [4.78, 5) is 14.7. The molecule has 0 bridgehead atoms. The number of hydrogen-bond donors (Lipinski definition) is 2. The number of fused-ring (bicyclic) bond motifs is 1. The lowest BCUT2D eigenvalue weighted by Gasteiger charge is -2.34. The van der Waals surface area contributed by atoms with Crippen LogP contribution >= 0.6 is 12.4 Å². The Labute approximate surface area is 145 Å². The van der Waals surface area contributed by atoms with Gasteiger partial charge in [-0.2, -0.15) is 0 Å². The molecule has 2 N–H and O–H groups in total. The van der Waals surface area contributed by atoms with Crippen molar-refractivity contribution in [2.45, 2.75) is 39.7 Å². The number of nitrogens with one attached hydrogen (secondary N) is 2. The summed E-state index contributed by atoms with van der Waals surface area (Å²) in [6.07, 6.45) is 2.42. The summed E-state index contributed by atoms with van der Waals surface area (Å²) in [7, 11) is 0. The molecular weight excluding hydrogens is 310 g/mol. The molecule has 2 fully saturated rings. The van der Waals surface area contributed by atoms with Crippen LogP contribution in [0.4, 0.5) is 5.69 Å². The number of nitrogens with zero attached hydrogens (tertiary/aromatic N) is 1. The monoisotopic (exact) mass is 337 g/mol. The molecule has 0 aliphatic carbocycles. The van der Waals surface area contributed by atoms with Gasteiger partial charge in [-0.15, -0.1) is 12.4 Å². The lowest BCUT2D eigenvalue weighted by Crippen LogP contribution is -2.46. The van der Waals surface area contributed by atoms with Crippen molar-refractivity contribution in [3.8, 4) is 0 Å². The number of rotatable bonds is 3. The van der Waals surface area contributed by atoms with Gasteiger partial charge in [0.2, 0.25) is 5.91 Å². The van der Waals surface area contributed by atoms with E-state index in [1.54, 1.807) is 0 Å². The first kappa shape index (κ1) is 18.2. The summed E-state index contributed by atoms with van der Waals surface area (Å²) in [5.41, 5.74) is 4.51. The Morgan fingerprint density at radius 1 is 1.26 bits per heavy atom. The summed E-state index contributed by atoms with van der Waals surface area (Å²) in [6.45, 7) is 9.93. The van der Waals surface area contributed by atoms with E-state index < -0.39 is 0 Å². The molecule has 0 radical (unpaired) electrons. The van der Waals surface area contributed by atoms with E-state index in [-0.39, 0.29) is 18.3 Å². The molecule has 0 saturated carbocycles. The summed E-state index contributed by atoms with van der Waals surface area (Å²) in [6, 6.07) is 4.93. The van der Waals surface area contributed by atoms with Gasteiger partial charge in [0, 0.05) is 24.8 Å². The van der Waals surface area contributed by atoms with E-state index in [4.69, 9.17) is 0 Å². The second-order valence-corrected chi connectivity index (χ2v) is 6.96. The second-order valence-electron chi connectivity index (χ2n) is 6.96. The van der Waals surface area contributed by atoms with Crippen molar-refractivity contribution in [3.63, 3.8) is 0 Å². The van der Waals surface area contributed by atoms with E-state index in [1.165, 1.54) is 18.4 Å². The number of aryl methyl sites for hydroxylation is 3. The van der Waals surface area contributed by atoms with E-state index in [0.29, 0.717) is 12.6 Å². The minimum absolute atomic E-state index is 0. The van der Waals surface area contributed by atoms with Gasteiger partial charge in [0.15, 0.2) is 0 Å². The SMILES string of the molecule is Cc1cc(C)c(NC(=O)CN2CCC3NCCC3C2)c(C)c1.Cl. The van der Waals surface area contributed by atoms with Crippen LogP contribution in [0.15, 0.2) is 12.1 Å². The highest BCUT2D eigenvalue weighted by Gasteiger charge is 2.33. The standard InChI is InChI=1S/C18H27N3O.ClH/c1-12-8-13(2)18(14(3)9-12)20-17(22)11-21-7-5-16-15(10-21)4-6-19-16;/h8-9,15-16,19H,4-7,10-11H2,1-3H3,(H,20,22);1H. The number of amides is 1. The molecule has 2 unspecified atom stereocenters. The molecule has 2 aliphatic rings. The number of carbonyl (C=O) groups is 1. The molecular formula is C18H28ClN3O. The van der Waals surface area contributed by atoms with Crippen molar-refractivity contribution in [1.82, 2.24) is 10.2 Å². The first-order valence-electron chi connectivity index (χ1n) is 8.36. The molecule has 0 aromatic heterocycles. The quantitative estimate of drug-likeness (QED) is 0.891. The van der Waals surface area contributed by atoms with E-state index in [0.717, 1.165) is 42.4 Å². The van der Waals surface area contributed by atoms with Crippen molar-refractivity contribution >= 4 is 24.0 Å². The van der Waals surface area contributed by atoms with Crippen molar-refractivity contribution in [1.29, 1.82) is 0 Å². The highest BCUT2D eigenvalue weighted by Crippen LogP contribution is 2.25. The number of carbonyl (C=O) groups excluding carboxylic acids is 1. The fraction of sp³-hybridized carbons (Fsp3) is 0.611. The van der Waals surface area contributed by atoms with Gasteiger partial charge < -0.3 is 10.6 Å². The minimum Gasteiger partial charge on any atom is -0.324 e.